The number of ether oxygens (including phenoxy) is 3. The van der Waals surface area contributed by atoms with Crippen LogP contribution in [0.25, 0.3) is 0 Å². The maximum atomic E-state index is 8.60. The summed E-state index contributed by atoms with van der Waals surface area (Å²) in [5, 5.41) is 8.41. The topological polar surface area (TPSA) is 103 Å². The zero-order valence-electron chi connectivity index (χ0n) is 9.21. The Morgan fingerprint density at radius 1 is 0.812 bits per heavy atom. The lowest BCUT2D eigenvalue weighted by molar-refractivity contribution is 0.00369. The molecule has 0 aliphatic heterocycles. The summed E-state index contributed by atoms with van der Waals surface area (Å²) >= 11 is 0. The van der Waals surface area contributed by atoms with Gasteiger partial charge in [-0.15, -0.1) is 0 Å². The van der Waals surface area contributed by atoms with Crippen molar-refractivity contribution in [2.24, 2.45) is 5.50 Å². The molecule has 7 nitrogen and oxygen atoms in total. The molecule has 0 aromatic rings. The second kappa shape index (κ2) is 13.2. The number of aliphatic hydroxyl groups is 1. The molecule has 0 radical (unpaired) electrons. The number of rotatable bonds is 12. The molecule has 0 aromatic carbocycles. The van der Waals surface area contributed by atoms with E-state index in [0.717, 1.165) is 0 Å². The minimum Gasteiger partial charge on any atom is -0.394 e. The first-order valence-corrected chi connectivity index (χ1v) is 6.26. The minimum atomic E-state index is -1.78. The first-order valence-electron chi connectivity index (χ1n) is 4.98. The Kier molecular flexibility index (Phi) is 13.3. The Morgan fingerprint density at radius 2 is 1.25 bits per heavy atom. The van der Waals surface area contributed by atoms with Gasteiger partial charge in [-0.25, -0.2) is 0 Å². The molecule has 0 spiro atoms. The highest BCUT2D eigenvalue weighted by Crippen LogP contribution is 2.18. The van der Waals surface area contributed by atoms with Gasteiger partial charge in [-0.3, -0.25) is 5.50 Å². The summed E-state index contributed by atoms with van der Waals surface area (Å²) < 4.78 is 20.0. The molecule has 0 fully saturated rings. The number of aliphatic hydroxyl groups excluding tert-OH is 1. The molecule has 0 saturated carbocycles. The van der Waals surface area contributed by atoms with Gasteiger partial charge < -0.3 is 28.7 Å². The van der Waals surface area contributed by atoms with Crippen LogP contribution in [0.2, 0.25) is 0 Å². The van der Waals surface area contributed by atoms with E-state index in [1.807, 2.05) is 0 Å². The van der Waals surface area contributed by atoms with Gasteiger partial charge in [0.25, 0.3) is 0 Å². The zero-order chi connectivity index (χ0) is 12.1. The van der Waals surface area contributed by atoms with Gasteiger partial charge in [0.2, 0.25) is 8.53 Å². The predicted molar refractivity (Wildman–Crippen MR) is 58.8 cm³/mol. The van der Waals surface area contributed by atoms with Crippen LogP contribution in [-0.4, -0.2) is 62.9 Å². The third-order valence-electron chi connectivity index (χ3n) is 1.43. The van der Waals surface area contributed by atoms with Crippen LogP contribution in [0.15, 0.2) is 0 Å². The summed E-state index contributed by atoms with van der Waals surface area (Å²) in [7, 11) is -1.78. The van der Waals surface area contributed by atoms with Gasteiger partial charge in [-0.2, -0.15) is 0 Å². The molecule has 4 N–H and O–H groups in total. The zero-order valence-corrected chi connectivity index (χ0v) is 10.1. The van der Waals surface area contributed by atoms with Crippen LogP contribution in [0.3, 0.4) is 0 Å². The molecule has 0 amide bonds. The second-order valence-corrected chi connectivity index (χ2v) is 3.56. The normalized spacial score (nSPS) is 12.9. The first kappa shape index (κ1) is 16.1. The average Bonchev–Trinajstić information content (AvgIpc) is 2.25. The van der Waals surface area contributed by atoms with Gasteiger partial charge in [-0.1, -0.05) is 0 Å². The van der Waals surface area contributed by atoms with E-state index in [1.165, 1.54) is 0 Å². The quantitative estimate of drug-likeness (QED) is 0.311. The van der Waals surface area contributed by atoms with Crippen LogP contribution < -0.4 is 5.50 Å². The number of hydrogen-bond acceptors (Lipinski definition) is 7. The third-order valence-corrected chi connectivity index (χ3v) is 1.88. The minimum absolute atomic E-state index is 0.0254. The summed E-state index contributed by atoms with van der Waals surface area (Å²) in [6, 6.07) is 0. The molecule has 0 aliphatic rings. The Labute approximate surface area is 96.4 Å². The fourth-order valence-electron chi connectivity index (χ4n) is 0.796. The highest BCUT2D eigenvalue weighted by Gasteiger charge is 1.96. The van der Waals surface area contributed by atoms with Crippen LogP contribution in [0.1, 0.15) is 0 Å². The van der Waals surface area contributed by atoms with E-state index in [2.05, 4.69) is 0 Å². The second-order valence-electron chi connectivity index (χ2n) is 2.70. The van der Waals surface area contributed by atoms with Crippen molar-refractivity contribution in [3.05, 3.63) is 0 Å². The van der Waals surface area contributed by atoms with Crippen LogP contribution in [0.4, 0.5) is 0 Å². The van der Waals surface area contributed by atoms with E-state index < -0.39 is 8.53 Å². The molecule has 1 unspecified atom stereocenters. The van der Waals surface area contributed by atoms with Gasteiger partial charge >= 0.3 is 0 Å². The lowest BCUT2D eigenvalue weighted by Gasteiger charge is -2.07. The summed E-state index contributed by atoms with van der Waals surface area (Å²) in [6.07, 6.45) is 0. The Balaban J connectivity index is 2.88. The summed E-state index contributed by atoms with van der Waals surface area (Å²) in [4.78, 5) is 8.60. The molecule has 1 atom stereocenters. The molecule has 0 bridgehead atoms. The van der Waals surface area contributed by atoms with Crippen molar-refractivity contribution in [3.8, 4) is 0 Å². The molecule has 0 aromatic heterocycles. The molecule has 0 rings (SSSR count). The van der Waals surface area contributed by atoms with Crippen molar-refractivity contribution >= 4 is 8.53 Å². The molecule has 98 valence electrons. The Bertz CT molecular complexity index is 140. The maximum absolute atomic E-state index is 8.60. The molecular weight excluding hydrogens is 237 g/mol. The van der Waals surface area contributed by atoms with Gasteiger partial charge in [-0.05, 0) is 0 Å². The smallest absolute Gasteiger partial charge is 0.250 e. The Morgan fingerprint density at radius 3 is 1.69 bits per heavy atom. The lowest BCUT2D eigenvalue weighted by atomic mass is 10.7. The van der Waals surface area contributed by atoms with Crippen LogP contribution in [-0.2, 0) is 18.7 Å². The van der Waals surface area contributed by atoms with Crippen molar-refractivity contribution in [2.75, 3.05) is 52.9 Å². The van der Waals surface area contributed by atoms with E-state index >= 15 is 0 Å². The maximum Gasteiger partial charge on any atom is 0.250 e. The lowest BCUT2D eigenvalue weighted by Crippen LogP contribution is -2.12. The Hall–Kier alpha value is 0.150. The number of hydrogen-bond donors (Lipinski definition) is 3. The molecule has 0 saturated heterocycles. The van der Waals surface area contributed by atoms with E-state index in [1.54, 1.807) is 0 Å². The highest BCUT2D eigenvalue weighted by atomic mass is 31.2. The first-order chi connectivity index (χ1) is 7.77. The molecule has 8 heteroatoms. The van der Waals surface area contributed by atoms with Crippen LogP contribution in [0.5, 0.6) is 0 Å². The SMILES string of the molecule is NP(O)OCCOCCOCCOCCO. The van der Waals surface area contributed by atoms with Gasteiger partial charge in [0.05, 0.1) is 52.9 Å². The van der Waals surface area contributed by atoms with Crippen LogP contribution >= 0.6 is 8.53 Å². The third kappa shape index (κ3) is 14.1. The van der Waals surface area contributed by atoms with Gasteiger partial charge in [0, 0.05) is 0 Å². The summed E-state index contributed by atoms with van der Waals surface area (Å²) in [5.74, 6) is 0. The number of nitrogens with two attached hydrogens (primary N) is 1. The highest BCUT2D eigenvalue weighted by molar-refractivity contribution is 7.43. The summed E-state index contributed by atoms with van der Waals surface area (Å²) in [6.45, 7) is 2.88. The van der Waals surface area contributed by atoms with Gasteiger partial charge in [0.15, 0.2) is 0 Å². The van der Waals surface area contributed by atoms with E-state index in [9.17, 15) is 0 Å². The standard InChI is InChI=1S/C8H20NO6P/c9-16(11)15-8-7-14-6-5-13-4-3-12-2-1-10/h10-11H,1-9H2. The predicted octanol–water partition coefficient (Wildman–Crippen LogP) is -0.777. The fourth-order valence-corrected chi connectivity index (χ4v) is 1.06. The molecule has 16 heavy (non-hydrogen) atoms. The van der Waals surface area contributed by atoms with Gasteiger partial charge in [0.1, 0.15) is 0 Å². The van der Waals surface area contributed by atoms with Crippen molar-refractivity contribution in [3.63, 3.8) is 0 Å². The van der Waals surface area contributed by atoms with E-state index in [-0.39, 0.29) is 13.2 Å². The van der Waals surface area contributed by atoms with Crippen LogP contribution in [0, 0.1) is 0 Å². The average molecular weight is 257 g/mol. The van der Waals surface area contributed by atoms with E-state index in [0.29, 0.717) is 39.6 Å². The monoisotopic (exact) mass is 257 g/mol. The molecule has 0 aliphatic carbocycles. The fraction of sp³-hybridized carbons (Fsp3) is 1.00. The largest absolute Gasteiger partial charge is 0.394 e. The summed E-state index contributed by atoms with van der Waals surface area (Å²) in [5.41, 5.74) is 5.00. The molecular formula is C8H20NO6P. The van der Waals surface area contributed by atoms with Crippen molar-refractivity contribution in [1.82, 2.24) is 0 Å². The molecule has 0 heterocycles. The van der Waals surface area contributed by atoms with Crippen molar-refractivity contribution in [1.29, 1.82) is 0 Å². The van der Waals surface area contributed by atoms with Crippen molar-refractivity contribution < 1.29 is 28.7 Å². The van der Waals surface area contributed by atoms with Crippen molar-refractivity contribution in [2.45, 2.75) is 0 Å². The van der Waals surface area contributed by atoms with E-state index in [4.69, 9.17) is 34.2 Å².